The number of rotatable bonds is 11. The van der Waals surface area contributed by atoms with Gasteiger partial charge in [-0.2, -0.15) is 0 Å². The molecule has 6 heteroatoms. The van der Waals surface area contributed by atoms with Gasteiger partial charge in [0, 0.05) is 51.4 Å². The van der Waals surface area contributed by atoms with Crippen molar-refractivity contribution < 1.29 is 4.39 Å². The van der Waals surface area contributed by atoms with Gasteiger partial charge in [-0.25, -0.2) is 4.39 Å². The number of hydrogen-bond donors (Lipinski definition) is 2. The molecule has 4 N–H and O–H groups in total. The van der Waals surface area contributed by atoms with Crippen molar-refractivity contribution in [2.75, 3.05) is 52.4 Å². The second-order valence-corrected chi connectivity index (χ2v) is 9.88. The van der Waals surface area contributed by atoms with E-state index in [4.69, 9.17) is 11.5 Å². The second kappa shape index (κ2) is 14.6. The molecule has 0 radical (unpaired) electrons. The molecule has 2 aliphatic rings. The summed E-state index contributed by atoms with van der Waals surface area (Å²) in [6, 6.07) is 1.22. The molecule has 5 nitrogen and oxygen atoms in total. The van der Waals surface area contributed by atoms with Gasteiger partial charge in [-0.3, -0.25) is 14.7 Å². The molecule has 0 amide bonds. The van der Waals surface area contributed by atoms with E-state index in [1.165, 1.54) is 12.0 Å². The van der Waals surface area contributed by atoms with Gasteiger partial charge < -0.3 is 11.5 Å². The Kier molecular flexibility index (Phi) is 12.3. The highest BCUT2D eigenvalue weighted by Crippen LogP contribution is 2.25. The van der Waals surface area contributed by atoms with Crippen LogP contribution in [0, 0.1) is 0 Å². The zero-order chi connectivity index (χ0) is 25.1. The third kappa shape index (κ3) is 8.49. The van der Waals surface area contributed by atoms with Crippen molar-refractivity contribution >= 4 is 0 Å². The topological polar surface area (TPSA) is 61.8 Å². The Hall–Kier alpha value is -1.73. The van der Waals surface area contributed by atoms with Crippen LogP contribution in [-0.2, 0) is 0 Å². The SMILES string of the molecule is C=C/C(C)=C\C(F)=C(/CC)CN1CCC(N2CCN(C/C(C)=C\C(=C/N)CN)CC2CC)CC1. The summed E-state index contributed by atoms with van der Waals surface area (Å²) in [5, 5.41) is 0. The third-order valence-electron chi connectivity index (χ3n) is 7.32. The molecule has 2 fully saturated rings. The number of allylic oxidation sites excluding steroid dienone is 4. The van der Waals surface area contributed by atoms with Crippen LogP contribution in [0.2, 0.25) is 0 Å². The molecule has 0 saturated carbocycles. The molecular formula is C28H48FN5. The summed E-state index contributed by atoms with van der Waals surface area (Å²) >= 11 is 0. The average Bonchev–Trinajstić information content (AvgIpc) is 2.85. The van der Waals surface area contributed by atoms with Gasteiger partial charge in [0.2, 0.25) is 0 Å². The van der Waals surface area contributed by atoms with Crippen LogP contribution in [0.5, 0.6) is 0 Å². The molecule has 2 rings (SSSR count). The van der Waals surface area contributed by atoms with Gasteiger partial charge in [-0.1, -0.05) is 38.2 Å². The largest absolute Gasteiger partial charge is 0.404 e. The van der Waals surface area contributed by atoms with Crippen molar-refractivity contribution in [3.63, 3.8) is 0 Å². The van der Waals surface area contributed by atoms with E-state index in [2.05, 4.69) is 41.2 Å². The van der Waals surface area contributed by atoms with Crippen molar-refractivity contribution in [2.24, 2.45) is 11.5 Å². The summed E-state index contributed by atoms with van der Waals surface area (Å²) in [5.41, 5.74) is 15.5. The lowest BCUT2D eigenvalue weighted by atomic mass is 9.97. The number of nitrogens with zero attached hydrogens (tertiary/aromatic N) is 3. The van der Waals surface area contributed by atoms with E-state index >= 15 is 0 Å². The van der Waals surface area contributed by atoms with Crippen LogP contribution >= 0.6 is 0 Å². The molecule has 0 bridgehead atoms. The van der Waals surface area contributed by atoms with E-state index < -0.39 is 0 Å². The van der Waals surface area contributed by atoms with Crippen LogP contribution in [0.15, 0.2) is 59.1 Å². The maximum atomic E-state index is 14.7. The summed E-state index contributed by atoms with van der Waals surface area (Å²) in [7, 11) is 0. The average molecular weight is 474 g/mol. The number of halogens is 1. The van der Waals surface area contributed by atoms with Crippen LogP contribution in [0.25, 0.3) is 0 Å². The molecule has 2 saturated heterocycles. The first-order chi connectivity index (χ1) is 16.3. The van der Waals surface area contributed by atoms with Crippen LogP contribution in [0.3, 0.4) is 0 Å². The van der Waals surface area contributed by atoms with Crippen molar-refractivity contribution in [1.82, 2.24) is 14.7 Å². The number of hydrogen-bond acceptors (Lipinski definition) is 5. The fraction of sp³-hybridized carbons (Fsp3) is 0.643. The number of nitrogens with two attached hydrogens (primary N) is 2. The van der Waals surface area contributed by atoms with Crippen molar-refractivity contribution in [1.29, 1.82) is 0 Å². The van der Waals surface area contributed by atoms with Gasteiger partial charge in [0.25, 0.3) is 0 Å². The summed E-state index contributed by atoms with van der Waals surface area (Å²) < 4.78 is 14.7. The van der Waals surface area contributed by atoms with E-state index in [9.17, 15) is 4.39 Å². The molecule has 0 aromatic rings. The minimum atomic E-state index is -0.0888. The Balaban J connectivity index is 1.91. The maximum absolute atomic E-state index is 14.7. The van der Waals surface area contributed by atoms with E-state index in [1.807, 2.05) is 13.8 Å². The molecule has 34 heavy (non-hydrogen) atoms. The molecule has 1 atom stereocenters. The standard InChI is InChI=1S/C28H48FN5/c1-6-22(4)16-28(29)25(7-2)20-32-11-9-27(10-12-32)34-14-13-33(21-26(34)8-3)19-23(5)15-24(17-30)18-31/h6,15-17,26-27H,1,7-14,18-21,30-31H2,2-5H3/b22-16-,23-15-,24-17+,28-25-. The minimum absolute atomic E-state index is 0.0888. The van der Waals surface area contributed by atoms with E-state index in [1.54, 1.807) is 18.4 Å². The highest BCUT2D eigenvalue weighted by Gasteiger charge is 2.33. The zero-order valence-electron chi connectivity index (χ0n) is 22.0. The summed E-state index contributed by atoms with van der Waals surface area (Å²) in [6.07, 6.45) is 11.3. The first-order valence-corrected chi connectivity index (χ1v) is 13.0. The van der Waals surface area contributed by atoms with Crippen LogP contribution < -0.4 is 11.5 Å². The van der Waals surface area contributed by atoms with Gasteiger partial charge in [0.1, 0.15) is 5.83 Å². The first-order valence-electron chi connectivity index (χ1n) is 13.0. The fourth-order valence-corrected chi connectivity index (χ4v) is 5.21. The Morgan fingerprint density at radius 1 is 1.03 bits per heavy atom. The molecule has 192 valence electrons. The van der Waals surface area contributed by atoms with Crippen molar-refractivity contribution in [3.05, 3.63) is 59.1 Å². The lowest BCUT2D eigenvalue weighted by Gasteiger charge is -2.47. The molecule has 1 unspecified atom stereocenters. The summed E-state index contributed by atoms with van der Waals surface area (Å²) in [6.45, 7) is 19.7. The van der Waals surface area contributed by atoms with Gasteiger partial charge in [-0.15, -0.1) is 0 Å². The highest BCUT2D eigenvalue weighted by molar-refractivity contribution is 5.28. The predicted molar refractivity (Wildman–Crippen MR) is 144 cm³/mol. The molecule has 2 aliphatic heterocycles. The quantitative estimate of drug-likeness (QED) is 0.437. The molecular weight excluding hydrogens is 425 g/mol. The third-order valence-corrected chi connectivity index (χ3v) is 7.32. The zero-order valence-corrected chi connectivity index (χ0v) is 22.0. The normalized spacial score (nSPS) is 23.8. The van der Waals surface area contributed by atoms with Crippen molar-refractivity contribution in [3.8, 4) is 0 Å². The Bertz CT molecular complexity index is 774. The minimum Gasteiger partial charge on any atom is -0.404 e. The van der Waals surface area contributed by atoms with Gasteiger partial charge in [-0.05, 0) is 81.6 Å². The fourth-order valence-electron chi connectivity index (χ4n) is 5.21. The summed E-state index contributed by atoms with van der Waals surface area (Å²) in [5.74, 6) is -0.0888. The predicted octanol–water partition coefficient (Wildman–Crippen LogP) is 4.36. The van der Waals surface area contributed by atoms with Crippen LogP contribution in [0.4, 0.5) is 4.39 Å². The number of piperazine rings is 1. The van der Waals surface area contributed by atoms with E-state index in [0.29, 0.717) is 18.6 Å². The Morgan fingerprint density at radius 3 is 2.29 bits per heavy atom. The second-order valence-electron chi connectivity index (χ2n) is 9.88. The van der Waals surface area contributed by atoms with Crippen molar-refractivity contribution in [2.45, 2.75) is 65.5 Å². The number of piperidine rings is 1. The molecule has 0 aromatic carbocycles. The maximum Gasteiger partial charge on any atom is 0.123 e. The summed E-state index contributed by atoms with van der Waals surface area (Å²) in [4.78, 5) is 7.75. The lowest BCUT2D eigenvalue weighted by molar-refractivity contribution is 0.0175. The van der Waals surface area contributed by atoms with Crippen LogP contribution in [0.1, 0.15) is 53.4 Å². The Labute approximate surface area is 207 Å². The smallest absolute Gasteiger partial charge is 0.123 e. The monoisotopic (exact) mass is 473 g/mol. The molecule has 0 spiro atoms. The molecule has 2 heterocycles. The highest BCUT2D eigenvalue weighted by atomic mass is 19.1. The van der Waals surface area contributed by atoms with Gasteiger partial charge >= 0.3 is 0 Å². The van der Waals surface area contributed by atoms with E-state index in [-0.39, 0.29) is 5.83 Å². The van der Waals surface area contributed by atoms with Gasteiger partial charge in [0.15, 0.2) is 0 Å². The van der Waals surface area contributed by atoms with Gasteiger partial charge in [0.05, 0.1) is 0 Å². The molecule has 0 aromatic heterocycles. The van der Waals surface area contributed by atoms with E-state index in [0.717, 1.165) is 81.8 Å². The Morgan fingerprint density at radius 2 is 1.74 bits per heavy atom. The first kappa shape index (κ1) is 28.5. The van der Waals surface area contributed by atoms with Crippen LogP contribution in [-0.4, -0.2) is 79.1 Å². The molecule has 0 aliphatic carbocycles. The number of likely N-dealkylation sites (tertiary alicyclic amines) is 1. The lowest BCUT2D eigenvalue weighted by Crippen LogP contribution is -2.58.